The highest BCUT2D eigenvalue weighted by Crippen LogP contribution is 2.16. The van der Waals surface area contributed by atoms with Gasteiger partial charge < -0.3 is 10.4 Å². The number of hydrogen-bond donors (Lipinski definition) is 2. The minimum absolute atomic E-state index is 0.0331. The van der Waals surface area contributed by atoms with Crippen molar-refractivity contribution in [2.45, 2.75) is 26.4 Å². The van der Waals surface area contributed by atoms with Gasteiger partial charge in [-0.05, 0) is 43.2 Å². The zero-order valence-electron chi connectivity index (χ0n) is 11.0. The molecule has 19 heavy (non-hydrogen) atoms. The first-order valence-corrected chi connectivity index (χ1v) is 6.19. The molecule has 0 spiro atoms. The number of aromatic hydroxyl groups is 1. The SMILES string of the molecule is Cc1ccc(C(C)NCc2ccc(O)cn2)cc1F. The van der Waals surface area contributed by atoms with Gasteiger partial charge in [0.05, 0.1) is 11.9 Å². The number of nitrogens with zero attached hydrogens (tertiary/aromatic N) is 1. The zero-order valence-corrected chi connectivity index (χ0v) is 11.0. The van der Waals surface area contributed by atoms with Crippen LogP contribution in [0.2, 0.25) is 0 Å². The largest absolute Gasteiger partial charge is 0.506 e. The van der Waals surface area contributed by atoms with Crippen LogP contribution in [0.5, 0.6) is 5.75 Å². The Morgan fingerprint density at radius 1 is 1.32 bits per heavy atom. The maximum Gasteiger partial charge on any atom is 0.133 e. The molecule has 0 aliphatic rings. The molecule has 1 heterocycles. The highest BCUT2D eigenvalue weighted by atomic mass is 19.1. The lowest BCUT2D eigenvalue weighted by Gasteiger charge is -2.14. The molecule has 0 fully saturated rings. The molecule has 0 radical (unpaired) electrons. The Morgan fingerprint density at radius 2 is 2.11 bits per heavy atom. The van der Waals surface area contributed by atoms with Crippen LogP contribution >= 0.6 is 0 Å². The highest BCUT2D eigenvalue weighted by molar-refractivity contribution is 5.25. The van der Waals surface area contributed by atoms with Crippen LogP contribution in [0.1, 0.15) is 29.8 Å². The average molecular weight is 260 g/mol. The fraction of sp³-hybridized carbons (Fsp3) is 0.267. The number of aryl methyl sites for hydroxylation is 1. The molecule has 0 amide bonds. The average Bonchev–Trinajstić information content (AvgIpc) is 2.41. The Morgan fingerprint density at radius 3 is 2.74 bits per heavy atom. The maximum absolute atomic E-state index is 13.5. The summed E-state index contributed by atoms with van der Waals surface area (Å²) >= 11 is 0. The molecule has 2 N–H and O–H groups in total. The van der Waals surface area contributed by atoms with Gasteiger partial charge in [-0.25, -0.2) is 4.39 Å². The van der Waals surface area contributed by atoms with E-state index in [1.807, 2.05) is 13.0 Å². The topological polar surface area (TPSA) is 45.1 Å². The van der Waals surface area contributed by atoms with E-state index in [9.17, 15) is 4.39 Å². The Kier molecular flexibility index (Phi) is 4.12. The third kappa shape index (κ3) is 3.51. The van der Waals surface area contributed by atoms with Crippen LogP contribution in [0.25, 0.3) is 0 Å². The van der Waals surface area contributed by atoms with Gasteiger partial charge in [0.1, 0.15) is 11.6 Å². The standard InChI is InChI=1S/C15H17FN2O/c1-10-3-4-12(7-15(10)16)11(2)17-8-13-5-6-14(19)9-18-13/h3-7,9,11,17,19H,8H2,1-2H3. The second-order valence-corrected chi connectivity index (χ2v) is 4.62. The van der Waals surface area contributed by atoms with Crippen molar-refractivity contribution in [3.05, 3.63) is 59.2 Å². The van der Waals surface area contributed by atoms with Gasteiger partial charge in [0.25, 0.3) is 0 Å². The summed E-state index contributed by atoms with van der Waals surface area (Å²) in [6.07, 6.45) is 1.41. The second-order valence-electron chi connectivity index (χ2n) is 4.62. The molecule has 3 nitrogen and oxygen atoms in total. The molecule has 0 aliphatic carbocycles. The highest BCUT2D eigenvalue weighted by Gasteiger charge is 2.07. The van der Waals surface area contributed by atoms with Gasteiger partial charge in [0, 0.05) is 12.6 Å². The Labute approximate surface area is 112 Å². The summed E-state index contributed by atoms with van der Waals surface area (Å²) in [7, 11) is 0. The van der Waals surface area contributed by atoms with Gasteiger partial charge in [-0.15, -0.1) is 0 Å². The molecule has 1 aromatic heterocycles. The van der Waals surface area contributed by atoms with Crippen LogP contribution in [-0.2, 0) is 6.54 Å². The molecule has 0 saturated heterocycles. The predicted molar refractivity (Wildman–Crippen MR) is 72.3 cm³/mol. The molecule has 0 saturated carbocycles. The van der Waals surface area contributed by atoms with Gasteiger partial charge in [-0.2, -0.15) is 0 Å². The lowest BCUT2D eigenvalue weighted by atomic mass is 10.1. The van der Waals surface area contributed by atoms with Crippen molar-refractivity contribution in [3.8, 4) is 5.75 Å². The van der Waals surface area contributed by atoms with Crippen LogP contribution in [0.4, 0.5) is 4.39 Å². The summed E-state index contributed by atoms with van der Waals surface area (Å²) in [5.74, 6) is -0.0358. The smallest absolute Gasteiger partial charge is 0.133 e. The third-order valence-corrected chi connectivity index (χ3v) is 3.09. The Bertz CT molecular complexity index is 555. The normalized spacial score (nSPS) is 12.4. The van der Waals surface area contributed by atoms with Crippen LogP contribution in [-0.4, -0.2) is 10.1 Å². The van der Waals surface area contributed by atoms with Crippen LogP contribution < -0.4 is 5.32 Å². The summed E-state index contributed by atoms with van der Waals surface area (Å²) < 4.78 is 13.5. The van der Waals surface area contributed by atoms with E-state index in [1.54, 1.807) is 31.2 Å². The molecule has 2 rings (SSSR count). The molecule has 0 bridgehead atoms. The van der Waals surface area contributed by atoms with Crippen molar-refractivity contribution in [2.75, 3.05) is 0 Å². The van der Waals surface area contributed by atoms with E-state index >= 15 is 0 Å². The number of hydrogen-bond acceptors (Lipinski definition) is 3. The number of aromatic nitrogens is 1. The molecule has 1 atom stereocenters. The van der Waals surface area contributed by atoms with Crippen molar-refractivity contribution < 1.29 is 9.50 Å². The van der Waals surface area contributed by atoms with E-state index in [2.05, 4.69) is 10.3 Å². The van der Waals surface area contributed by atoms with E-state index in [0.29, 0.717) is 12.1 Å². The first kappa shape index (κ1) is 13.5. The van der Waals surface area contributed by atoms with E-state index in [4.69, 9.17) is 5.11 Å². The second kappa shape index (κ2) is 5.80. The molecule has 2 aromatic rings. The first-order chi connectivity index (χ1) is 9.06. The molecule has 1 unspecified atom stereocenters. The Hall–Kier alpha value is -1.94. The van der Waals surface area contributed by atoms with E-state index < -0.39 is 0 Å². The van der Waals surface area contributed by atoms with Crippen molar-refractivity contribution in [3.63, 3.8) is 0 Å². The predicted octanol–water partition coefficient (Wildman–Crippen LogP) is 3.09. The van der Waals surface area contributed by atoms with E-state index in [1.165, 1.54) is 6.20 Å². The number of nitrogens with one attached hydrogen (secondary N) is 1. The van der Waals surface area contributed by atoms with Gasteiger partial charge in [0.15, 0.2) is 0 Å². The first-order valence-electron chi connectivity index (χ1n) is 6.19. The van der Waals surface area contributed by atoms with Crippen LogP contribution in [0.15, 0.2) is 36.5 Å². The van der Waals surface area contributed by atoms with Crippen LogP contribution in [0.3, 0.4) is 0 Å². The van der Waals surface area contributed by atoms with Gasteiger partial charge in [-0.3, -0.25) is 4.98 Å². The fourth-order valence-electron chi connectivity index (χ4n) is 1.78. The van der Waals surface area contributed by atoms with Gasteiger partial charge in [0.2, 0.25) is 0 Å². The summed E-state index contributed by atoms with van der Waals surface area (Å²) in [5.41, 5.74) is 2.38. The fourth-order valence-corrected chi connectivity index (χ4v) is 1.78. The van der Waals surface area contributed by atoms with Crippen molar-refractivity contribution in [2.24, 2.45) is 0 Å². The summed E-state index contributed by atoms with van der Waals surface area (Å²) in [4.78, 5) is 4.09. The van der Waals surface area contributed by atoms with Crippen molar-refractivity contribution in [1.82, 2.24) is 10.3 Å². The van der Waals surface area contributed by atoms with Crippen LogP contribution in [0, 0.1) is 12.7 Å². The third-order valence-electron chi connectivity index (χ3n) is 3.09. The monoisotopic (exact) mass is 260 g/mol. The summed E-state index contributed by atoms with van der Waals surface area (Å²) in [6, 6.07) is 8.63. The van der Waals surface area contributed by atoms with Gasteiger partial charge in [-0.1, -0.05) is 12.1 Å². The van der Waals surface area contributed by atoms with Gasteiger partial charge >= 0.3 is 0 Å². The number of pyridine rings is 1. The van der Waals surface area contributed by atoms with E-state index in [0.717, 1.165) is 11.3 Å². The number of benzene rings is 1. The summed E-state index contributed by atoms with van der Waals surface area (Å²) in [6.45, 7) is 4.29. The quantitative estimate of drug-likeness (QED) is 0.888. The minimum atomic E-state index is -0.186. The molecule has 0 aliphatic heterocycles. The minimum Gasteiger partial charge on any atom is -0.506 e. The molecule has 100 valence electrons. The number of halogens is 1. The van der Waals surface area contributed by atoms with Crippen molar-refractivity contribution in [1.29, 1.82) is 0 Å². The molecule has 1 aromatic carbocycles. The van der Waals surface area contributed by atoms with E-state index in [-0.39, 0.29) is 17.6 Å². The lowest BCUT2D eigenvalue weighted by Crippen LogP contribution is -2.18. The number of rotatable bonds is 4. The molecule has 4 heteroatoms. The lowest BCUT2D eigenvalue weighted by molar-refractivity contribution is 0.471. The molecular formula is C15H17FN2O. The summed E-state index contributed by atoms with van der Waals surface area (Å²) in [5, 5.41) is 12.4. The molecular weight excluding hydrogens is 243 g/mol. The van der Waals surface area contributed by atoms with Crippen molar-refractivity contribution >= 4 is 0 Å². The maximum atomic E-state index is 13.5. The Balaban J connectivity index is 1.98. The zero-order chi connectivity index (χ0) is 13.8.